The number of carbonyl (C=O) groups excluding carboxylic acids is 2. The first-order valence-electron chi connectivity index (χ1n) is 7.77. The normalized spacial score (nSPS) is 19.4. The summed E-state index contributed by atoms with van der Waals surface area (Å²) < 4.78 is 5.70. The predicted molar refractivity (Wildman–Crippen MR) is 84.1 cm³/mol. The van der Waals surface area contributed by atoms with Crippen molar-refractivity contribution in [2.75, 3.05) is 32.8 Å². The maximum atomic E-state index is 12.1. The number of aromatic nitrogens is 1. The van der Waals surface area contributed by atoms with Gasteiger partial charge in [0, 0.05) is 37.9 Å². The van der Waals surface area contributed by atoms with Crippen LogP contribution >= 0.6 is 0 Å². The number of H-pyrrole nitrogens is 1. The number of hydrogen-bond donors (Lipinski definition) is 2. The summed E-state index contributed by atoms with van der Waals surface area (Å²) in [6.45, 7) is 9.87. The molecular weight excluding hydrogens is 282 g/mol. The van der Waals surface area contributed by atoms with E-state index < -0.39 is 0 Å². The highest BCUT2D eigenvalue weighted by Gasteiger charge is 2.21. The summed E-state index contributed by atoms with van der Waals surface area (Å²) in [6.07, 6.45) is 1.57. The molecule has 0 aromatic carbocycles. The maximum absolute atomic E-state index is 12.1. The van der Waals surface area contributed by atoms with Crippen LogP contribution < -0.4 is 5.32 Å². The maximum Gasteiger partial charge on any atom is 0.267 e. The molecule has 0 unspecified atom stereocenters. The molecule has 0 bridgehead atoms. The summed E-state index contributed by atoms with van der Waals surface area (Å²) in [5.74, 6) is 0.351. The fourth-order valence-electron chi connectivity index (χ4n) is 2.62. The lowest BCUT2D eigenvalue weighted by Crippen LogP contribution is -2.48. The molecular formula is C16H25N3O3. The zero-order chi connectivity index (χ0) is 16.1. The van der Waals surface area contributed by atoms with Crippen molar-refractivity contribution < 1.29 is 14.3 Å². The topological polar surface area (TPSA) is 74.4 Å². The molecule has 1 amide bonds. The number of ketones is 1. The Morgan fingerprint density at radius 3 is 2.91 bits per heavy atom. The van der Waals surface area contributed by atoms with Crippen molar-refractivity contribution in [2.24, 2.45) is 5.92 Å². The van der Waals surface area contributed by atoms with Crippen LogP contribution in [-0.2, 0) is 4.74 Å². The molecule has 1 aliphatic heterocycles. The first-order valence-corrected chi connectivity index (χ1v) is 7.77. The fraction of sp³-hybridized carbons (Fsp3) is 0.625. The van der Waals surface area contributed by atoms with Gasteiger partial charge in [0.2, 0.25) is 0 Å². The van der Waals surface area contributed by atoms with Crippen molar-refractivity contribution in [3.63, 3.8) is 0 Å². The first kappa shape index (κ1) is 16.7. The van der Waals surface area contributed by atoms with Crippen LogP contribution in [0.1, 0.15) is 41.6 Å². The van der Waals surface area contributed by atoms with Gasteiger partial charge in [-0.25, -0.2) is 0 Å². The molecule has 2 rings (SSSR count). The number of nitrogens with zero attached hydrogens (tertiary/aromatic N) is 1. The number of ether oxygens (including phenoxy) is 1. The molecule has 1 saturated heterocycles. The van der Waals surface area contributed by atoms with E-state index in [0.29, 0.717) is 30.3 Å². The Bertz CT molecular complexity index is 524. The zero-order valence-corrected chi connectivity index (χ0v) is 13.5. The molecule has 6 heteroatoms. The molecule has 0 saturated carbocycles. The van der Waals surface area contributed by atoms with Crippen LogP contribution in [0.3, 0.4) is 0 Å². The van der Waals surface area contributed by atoms with E-state index in [4.69, 9.17) is 4.74 Å². The molecule has 1 fully saturated rings. The SMILES string of the molecule is CC(=O)c1c[nH]c(C(=O)NC[C@@H]2CN(CC(C)C)CCO2)c1. The number of amides is 1. The van der Waals surface area contributed by atoms with E-state index in [1.54, 1.807) is 12.3 Å². The number of morpholine rings is 1. The number of carbonyl (C=O) groups is 2. The first-order chi connectivity index (χ1) is 10.5. The van der Waals surface area contributed by atoms with Crippen molar-refractivity contribution in [1.82, 2.24) is 15.2 Å². The van der Waals surface area contributed by atoms with Gasteiger partial charge in [0.1, 0.15) is 5.69 Å². The summed E-state index contributed by atoms with van der Waals surface area (Å²) in [4.78, 5) is 28.5. The predicted octanol–water partition coefficient (Wildman–Crippen LogP) is 1.30. The van der Waals surface area contributed by atoms with E-state index in [0.717, 1.165) is 19.6 Å². The van der Waals surface area contributed by atoms with Crippen molar-refractivity contribution in [2.45, 2.75) is 26.9 Å². The van der Waals surface area contributed by atoms with Gasteiger partial charge in [-0.1, -0.05) is 13.8 Å². The molecule has 22 heavy (non-hydrogen) atoms. The monoisotopic (exact) mass is 307 g/mol. The highest BCUT2D eigenvalue weighted by atomic mass is 16.5. The third kappa shape index (κ3) is 4.68. The molecule has 1 aliphatic rings. The van der Waals surface area contributed by atoms with Crippen molar-refractivity contribution in [3.8, 4) is 0 Å². The largest absolute Gasteiger partial charge is 0.374 e. The van der Waals surface area contributed by atoms with Gasteiger partial charge in [-0.05, 0) is 18.9 Å². The van der Waals surface area contributed by atoms with Gasteiger partial charge in [0.25, 0.3) is 5.91 Å². The average molecular weight is 307 g/mol. The highest BCUT2D eigenvalue weighted by Crippen LogP contribution is 2.08. The van der Waals surface area contributed by atoms with Crippen LogP contribution in [0.2, 0.25) is 0 Å². The standard InChI is InChI=1S/C16H25N3O3/c1-11(2)9-19-4-5-22-14(10-19)8-18-16(21)15-6-13(7-17-15)12(3)20/h6-7,11,14,17H,4-5,8-10H2,1-3H3,(H,18,21)/t14-/m1/s1. The van der Waals surface area contributed by atoms with E-state index >= 15 is 0 Å². The number of aromatic amines is 1. The number of hydrogen-bond acceptors (Lipinski definition) is 4. The summed E-state index contributed by atoms with van der Waals surface area (Å²) in [6, 6.07) is 1.57. The lowest BCUT2D eigenvalue weighted by molar-refractivity contribution is -0.0295. The lowest BCUT2D eigenvalue weighted by atomic mass is 10.2. The van der Waals surface area contributed by atoms with Gasteiger partial charge < -0.3 is 15.0 Å². The van der Waals surface area contributed by atoms with Gasteiger partial charge in [0.15, 0.2) is 5.78 Å². The van der Waals surface area contributed by atoms with Gasteiger partial charge in [0.05, 0.1) is 12.7 Å². The van der Waals surface area contributed by atoms with E-state index in [1.165, 1.54) is 6.92 Å². The Labute approximate surface area is 131 Å². The van der Waals surface area contributed by atoms with E-state index in [1.807, 2.05) is 0 Å². The van der Waals surface area contributed by atoms with Crippen LogP contribution in [0.15, 0.2) is 12.3 Å². The second-order valence-corrected chi connectivity index (χ2v) is 6.21. The number of Topliss-reactive ketones (excluding diaryl/α,β-unsaturated/α-hetero) is 1. The van der Waals surface area contributed by atoms with Gasteiger partial charge in [-0.2, -0.15) is 0 Å². The lowest BCUT2D eigenvalue weighted by Gasteiger charge is -2.33. The Morgan fingerprint density at radius 1 is 1.50 bits per heavy atom. The van der Waals surface area contributed by atoms with Crippen LogP contribution in [0.4, 0.5) is 0 Å². The summed E-state index contributed by atoms with van der Waals surface area (Å²) >= 11 is 0. The Morgan fingerprint density at radius 2 is 2.27 bits per heavy atom. The molecule has 122 valence electrons. The molecule has 0 aliphatic carbocycles. The quantitative estimate of drug-likeness (QED) is 0.777. The third-order valence-corrected chi connectivity index (χ3v) is 3.67. The van der Waals surface area contributed by atoms with Crippen LogP contribution in [-0.4, -0.2) is 60.5 Å². The van der Waals surface area contributed by atoms with Crippen LogP contribution in [0.25, 0.3) is 0 Å². The van der Waals surface area contributed by atoms with Gasteiger partial charge >= 0.3 is 0 Å². The van der Waals surface area contributed by atoms with E-state index in [-0.39, 0.29) is 17.8 Å². The minimum atomic E-state index is -0.211. The fourth-order valence-corrected chi connectivity index (χ4v) is 2.62. The Kier molecular flexibility index (Phi) is 5.74. The molecule has 2 N–H and O–H groups in total. The van der Waals surface area contributed by atoms with E-state index in [9.17, 15) is 9.59 Å². The molecule has 6 nitrogen and oxygen atoms in total. The molecule has 0 radical (unpaired) electrons. The summed E-state index contributed by atoms with van der Waals surface area (Å²) in [5.41, 5.74) is 0.919. The van der Waals surface area contributed by atoms with Crippen molar-refractivity contribution >= 4 is 11.7 Å². The molecule has 2 heterocycles. The molecule has 1 atom stereocenters. The molecule has 1 aromatic heterocycles. The van der Waals surface area contributed by atoms with E-state index in [2.05, 4.69) is 29.0 Å². The summed E-state index contributed by atoms with van der Waals surface area (Å²) in [7, 11) is 0. The smallest absolute Gasteiger partial charge is 0.267 e. The Hall–Kier alpha value is -1.66. The average Bonchev–Trinajstić information content (AvgIpc) is 2.94. The van der Waals surface area contributed by atoms with Gasteiger partial charge in [-0.3, -0.25) is 14.5 Å². The van der Waals surface area contributed by atoms with Crippen LogP contribution in [0, 0.1) is 5.92 Å². The molecule has 1 aromatic rings. The van der Waals surface area contributed by atoms with Crippen molar-refractivity contribution in [1.29, 1.82) is 0 Å². The number of nitrogens with one attached hydrogen (secondary N) is 2. The van der Waals surface area contributed by atoms with Gasteiger partial charge in [-0.15, -0.1) is 0 Å². The minimum Gasteiger partial charge on any atom is -0.374 e. The second-order valence-electron chi connectivity index (χ2n) is 6.21. The third-order valence-electron chi connectivity index (χ3n) is 3.67. The zero-order valence-electron chi connectivity index (χ0n) is 13.5. The van der Waals surface area contributed by atoms with Crippen LogP contribution in [0.5, 0.6) is 0 Å². The minimum absolute atomic E-state index is 0.0127. The summed E-state index contributed by atoms with van der Waals surface area (Å²) in [5, 5.41) is 2.86. The number of rotatable bonds is 6. The van der Waals surface area contributed by atoms with Crippen molar-refractivity contribution in [3.05, 3.63) is 23.5 Å². The molecule has 0 spiro atoms. The second kappa shape index (κ2) is 7.56. The Balaban J connectivity index is 1.81. The highest BCUT2D eigenvalue weighted by molar-refractivity contribution is 5.99.